The van der Waals surface area contributed by atoms with Gasteiger partial charge in [0.2, 0.25) is 0 Å². The first-order valence-electron chi connectivity index (χ1n) is 8.79. The first-order valence-corrected chi connectivity index (χ1v) is 10.7. The molecule has 1 aliphatic heterocycles. The first-order chi connectivity index (χ1) is 12.1. The van der Waals surface area contributed by atoms with Gasteiger partial charge in [0.15, 0.2) is 5.16 Å². The molecule has 25 heavy (non-hydrogen) atoms. The van der Waals surface area contributed by atoms with E-state index < -0.39 is 0 Å². The molecule has 0 atom stereocenters. The number of thiazole rings is 1. The zero-order valence-corrected chi connectivity index (χ0v) is 16.6. The molecule has 0 saturated carbocycles. The fourth-order valence-corrected chi connectivity index (χ4v) is 4.36. The van der Waals surface area contributed by atoms with Crippen molar-refractivity contribution in [2.45, 2.75) is 38.4 Å². The largest absolute Gasteiger partial charge is 0.383 e. The molecular formula is C17H26N6S2. The lowest BCUT2D eigenvalue weighted by molar-refractivity contribution is 0.247. The molecule has 2 aromatic heterocycles. The number of nitrogen functional groups attached to an aromatic ring is 1. The van der Waals surface area contributed by atoms with Gasteiger partial charge in [0, 0.05) is 49.9 Å². The Bertz CT molecular complexity index is 682. The van der Waals surface area contributed by atoms with Gasteiger partial charge in [0.1, 0.15) is 11.6 Å². The number of nitrogens with two attached hydrogens (primary N) is 1. The molecule has 0 radical (unpaired) electrons. The van der Waals surface area contributed by atoms with E-state index in [1.807, 2.05) is 6.07 Å². The minimum atomic E-state index is 0.560. The summed E-state index contributed by atoms with van der Waals surface area (Å²) in [6.07, 6.45) is 2.36. The summed E-state index contributed by atoms with van der Waals surface area (Å²) in [6.45, 7) is 9.12. The number of nitrogens with zero attached hydrogens (tertiary/aromatic N) is 5. The van der Waals surface area contributed by atoms with Crippen molar-refractivity contribution in [1.82, 2.24) is 19.9 Å². The van der Waals surface area contributed by atoms with Crippen LogP contribution in [-0.4, -0.2) is 51.8 Å². The molecule has 0 aromatic carbocycles. The number of hydrogen-bond acceptors (Lipinski definition) is 8. The second-order valence-electron chi connectivity index (χ2n) is 6.26. The number of aromatic nitrogens is 3. The van der Waals surface area contributed by atoms with E-state index in [-0.39, 0.29) is 0 Å². The standard InChI is InChI=1S/C17H26N6S2/c1-3-4-9-24-17-20-15(18)10-16(21-17)23-7-5-22(6-8-23)11-14-12-25-13(2)19-14/h10,12H,3-9,11H2,1-2H3,(H2,18,20,21). The van der Waals surface area contributed by atoms with Gasteiger partial charge in [-0.15, -0.1) is 11.3 Å². The molecule has 136 valence electrons. The van der Waals surface area contributed by atoms with Crippen LogP contribution in [0.15, 0.2) is 16.6 Å². The summed E-state index contributed by atoms with van der Waals surface area (Å²) in [5.74, 6) is 2.56. The van der Waals surface area contributed by atoms with Gasteiger partial charge in [0.25, 0.3) is 0 Å². The monoisotopic (exact) mass is 378 g/mol. The normalized spacial score (nSPS) is 15.7. The summed E-state index contributed by atoms with van der Waals surface area (Å²) in [6, 6.07) is 1.89. The number of rotatable bonds is 7. The van der Waals surface area contributed by atoms with Crippen molar-refractivity contribution in [2.24, 2.45) is 0 Å². The molecule has 3 heterocycles. The molecule has 8 heteroatoms. The number of piperazine rings is 1. The van der Waals surface area contributed by atoms with Gasteiger partial charge < -0.3 is 10.6 Å². The van der Waals surface area contributed by atoms with Crippen LogP contribution >= 0.6 is 23.1 Å². The van der Waals surface area contributed by atoms with E-state index in [1.54, 1.807) is 23.1 Å². The van der Waals surface area contributed by atoms with E-state index in [4.69, 9.17) is 10.7 Å². The minimum Gasteiger partial charge on any atom is -0.383 e. The summed E-state index contributed by atoms with van der Waals surface area (Å²) < 4.78 is 0. The van der Waals surface area contributed by atoms with Gasteiger partial charge in [-0.2, -0.15) is 0 Å². The maximum atomic E-state index is 5.99. The summed E-state index contributed by atoms with van der Waals surface area (Å²) in [7, 11) is 0. The molecule has 0 bridgehead atoms. The van der Waals surface area contributed by atoms with Crippen molar-refractivity contribution in [3.05, 3.63) is 22.1 Å². The van der Waals surface area contributed by atoms with Crippen LogP contribution in [0.4, 0.5) is 11.6 Å². The van der Waals surface area contributed by atoms with Crippen molar-refractivity contribution in [3.63, 3.8) is 0 Å². The van der Waals surface area contributed by atoms with Gasteiger partial charge in [-0.1, -0.05) is 25.1 Å². The highest BCUT2D eigenvalue weighted by Gasteiger charge is 2.20. The molecule has 1 aliphatic rings. The van der Waals surface area contributed by atoms with Crippen LogP contribution in [0.2, 0.25) is 0 Å². The topological polar surface area (TPSA) is 71.2 Å². The Morgan fingerprint density at radius 1 is 1.20 bits per heavy atom. The molecule has 0 unspecified atom stereocenters. The number of anilines is 2. The Balaban J connectivity index is 1.56. The average molecular weight is 379 g/mol. The predicted molar refractivity (Wildman–Crippen MR) is 106 cm³/mol. The van der Waals surface area contributed by atoms with E-state index in [1.165, 1.54) is 18.5 Å². The molecular weight excluding hydrogens is 352 g/mol. The average Bonchev–Trinajstić information content (AvgIpc) is 3.00. The highest BCUT2D eigenvalue weighted by molar-refractivity contribution is 7.99. The van der Waals surface area contributed by atoms with Gasteiger partial charge >= 0.3 is 0 Å². The summed E-state index contributed by atoms with van der Waals surface area (Å²) in [5, 5.41) is 4.09. The molecule has 2 N–H and O–H groups in total. The molecule has 1 fully saturated rings. The van der Waals surface area contributed by atoms with E-state index >= 15 is 0 Å². The van der Waals surface area contributed by atoms with E-state index in [0.29, 0.717) is 5.82 Å². The fourth-order valence-electron chi connectivity index (χ4n) is 2.81. The second-order valence-corrected chi connectivity index (χ2v) is 8.38. The number of unbranched alkanes of at least 4 members (excludes halogenated alkanes) is 1. The lowest BCUT2D eigenvalue weighted by atomic mass is 10.3. The van der Waals surface area contributed by atoms with Crippen molar-refractivity contribution < 1.29 is 0 Å². The smallest absolute Gasteiger partial charge is 0.191 e. The van der Waals surface area contributed by atoms with Gasteiger partial charge in [0.05, 0.1) is 10.7 Å². The van der Waals surface area contributed by atoms with Gasteiger partial charge in [-0.05, 0) is 13.3 Å². The first kappa shape index (κ1) is 18.4. The molecule has 0 amide bonds. The zero-order chi connectivity index (χ0) is 17.6. The highest BCUT2D eigenvalue weighted by atomic mass is 32.2. The fraction of sp³-hybridized carbons (Fsp3) is 0.588. The molecule has 1 saturated heterocycles. The van der Waals surface area contributed by atoms with Crippen LogP contribution in [-0.2, 0) is 6.54 Å². The van der Waals surface area contributed by atoms with Crippen LogP contribution in [0.5, 0.6) is 0 Å². The van der Waals surface area contributed by atoms with Crippen molar-refractivity contribution in [2.75, 3.05) is 42.6 Å². The Kier molecular flexibility index (Phi) is 6.50. The van der Waals surface area contributed by atoms with E-state index in [9.17, 15) is 0 Å². The summed E-state index contributed by atoms with van der Waals surface area (Å²) >= 11 is 3.42. The minimum absolute atomic E-state index is 0.560. The van der Waals surface area contributed by atoms with Crippen LogP contribution < -0.4 is 10.6 Å². The molecule has 0 spiro atoms. The molecule has 0 aliphatic carbocycles. The third-order valence-electron chi connectivity index (χ3n) is 4.19. The predicted octanol–water partition coefficient (Wildman–Crippen LogP) is 3.04. The number of aryl methyl sites for hydroxylation is 1. The highest BCUT2D eigenvalue weighted by Crippen LogP contribution is 2.22. The van der Waals surface area contributed by atoms with Crippen molar-refractivity contribution in [1.29, 1.82) is 0 Å². The Labute approximate surface area is 157 Å². The van der Waals surface area contributed by atoms with Crippen LogP contribution in [0.3, 0.4) is 0 Å². The number of hydrogen-bond donors (Lipinski definition) is 1. The zero-order valence-electron chi connectivity index (χ0n) is 14.9. The van der Waals surface area contributed by atoms with E-state index in [0.717, 1.165) is 54.5 Å². The molecule has 6 nitrogen and oxygen atoms in total. The van der Waals surface area contributed by atoms with Crippen LogP contribution in [0, 0.1) is 6.92 Å². The number of thioether (sulfide) groups is 1. The van der Waals surface area contributed by atoms with Crippen molar-refractivity contribution in [3.8, 4) is 0 Å². The lowest BCUT2D eigenvalue weighted by Crippen LogP contribution is -2.46. The van der Waals surface area contributed by atoms with Crippen molar-refractivity contribution >= 4 is 34.7 Å². The van der Waals surface area contributed by atoms with E-state index in [2.05, 4.69) is 39.0 Å². The lowest BCUT2D eigenvalue weighted by Gasteiger charge is -2.35. The maximum Gasteiger partial charge on any atom is 0.191 e. The van der Waals surface area contributed by atoms with Gasteiger partial charge in [-0.3, -0.25) is 4.90 Å². The van der Waals surface area contributed by atoms with Crippen LogP contribution in [0.25, 0.3) is 0 Å². The summed E-state index contributed by atoms with van der Waals surface area (Å²) in [5.41, 5.74) is 7.17. The molecule has 3 rings (SSSR count). The third-order valence-corrected chi connectivity index (χ3v) is 5.95. The SMILES string of the molecule is CCCCSc1nc(N)cc(N2CCN(Cc3csc(C)n3)CC2)n1. The Morgan fingerprint density at radius 2 is 2.00 bits per heavy atom. The third kappa shape index (κ3) is 5.29. The Morgan fingerprint density at radius 3 is 2.68 bits per heavy atom. The quantitative estimate of drug-likeness (QED) is 0.451. The maximum absolute atomic E-state index is 5.99. The molecule has 2 aromatic rings. The Hall–Kier alpha value is -1.38. The van der Waals surface area contributed by atoms with Gasteiger partial charge in [-0.25, -0.2) is 15.0 Å². The van der Waals surface area contributed by atoms with Crippen LogP contribution in [0.1, 0.15) is 30.5 Å². The summed E-state index contributed by atoms with van der Waals surface area (Å²) in [4.78, 5) is 18.4. The second kappa shape index (κ2) is 8.82.